The molecule has 2 N–H and O–H groups in total. The highest BCUT2D eigenvalue weighted by Crippen LogP contribution is 2.26. The molecule has 1 heterocycles. The van der Waals surface area contributed by atoms with Crippen molar-refractivity contribution in [2.24, 2.45) is 22.6 Å². The van der Waals surface area contributed by atoms with Crippen molar-refractivity contribution < 1.29 is 0 Å². The Kier molecular flexibility index (Phi) is 4.69. The number of nitrogens with zero attached hydrogens (tertiary/aromatic N) is 2. The molecule has 3 heteroatoms. The minimum atomic E-state index is 0.311. The number of nitrogens with two attached hydrogens (primary N) is 1. The first-order valence-electron chi connectivity index (χ1n) is 7.62. The van der Waals surface area contributed by atoms with Crippen molar-refractivity contribution in [2.75, 3.05) is 13.1 Å². The van der Waals surface area contributed by atoms with Gasteiger partial charge >= 0.3 is 0 Å². The highest BCUT2D eigenvalue weighted by Gasteiger charge is 2.27. The molecular weight excluding hydrogens is 246 g/mol. The summed E-state index contributed by atoms with van der Waals surface area (Å²) in [6.07, 6.45) is 1.14. The topological polar surface area (TPSA) is 41.6 Å². The van der Waals surface area contributed by atoms with Crippen LogP contribution >= 0.6 is 0 Å². The van der Waals surface area contributed by atoms with E-state index in [2.05, 4.69) is 61.9 Å². The lowest BCUT2D eigenvalue weighted by atomic mass is 9.99. The van der Waals surface area contributed by atoms with Crippen LogP contribution < -0.4 is 5.73 Å². The summed E-state index contributed by atoms with van der Waals surface area (Å²) in [5, 5.41) is 0. The quantitative estimate of drug-likeness (QED) is 0.895. The molecule has 0 spiro atoms. The summed E-state index contributed by atoms with van der Waals surface area (Å²) in [6.45, 7) is 10.7. The summed E-state index contributed by atoms with van der Waals surface area (Å²) in [5.41, 5.74) is 8.76. The maximum atomic E-state index is 6.03. The first-order chi connectivity index (χ1) is 9.47. The fourth-order valence-corrected chi connectivity index (χ4v) is 2.78. The van der Waals surface area contributed by atoms with E-state index in [4.69, 9.17) is 5.73 Å². The van der Waals surface area contributed by atoms with Gasteiger partial charge in [-0.2, -0.15) is 0 Å². The molecule has 1 aromatic carbocycles. The smallest absolute Gasteiger partial charge is 0.191 e. The fraction of sp³-hybridized carbons (Fsp3) is 0.588. The monoisotopic (exact) mass is 273 g/mol. The summed E-state index contributed by atoms with van der Waals surface area (Å²) < 4.78 is 0. The largest absolute Gasteiger partial charge is 0.370 e. The Morgan fingerprint density at radius 2 is 1.80 bits per heavy atom. The molecule has 3 nitrogen and oxygen atoms in total. The molecular formula is C17H27N3. The van der Waals surface area contributed by atoms with Crippen LogP contribution in [-0.4, -0.2) is 23.9 Å². The van der Waals surface area contributed by atoms with Crippen LogP contribution in [0.1, 0.15) is 44.9 Å². The lowest BCUT2D eigenvalue weighted by Gasteiger charge is -2.28. The second-order valence-corrected chi connectivity index (χ2v) is 6.60. The van der Waals surface area contributed by atoms with Gasteiger partial charge in [0.15, 0.2) is 5.96 Å². The second kappa shape index (κ2) is 6.29. The van der Waals surface area contributed by atoms with Crippen molar-refractivity contribution in [1.29, 1.82) is 0 Å². The van der Waals surface area contributed by atoms with Gasteiger partial charge in [-0.3, -0.25) is 4.99 Å². The van der Waals surface area contributed by atoms with Crippen LogP contribution in [0.15, 0.2) is 29.3 Å². The molecule has 110 valence electrons. The SMILES string of the molecule is CC(C)Cc1ccc(C2CN=C(N)N2CC(C)C)cc1. The molecule has 0 saturated carbocycles. The Labute approximate surface area is 122 Å². The van der Waals surface area contributed by atoms with E-state index in [-0.39, 0.29) is 0 Å². The average Bonchev–Trinajstić information content (AvgIpc) is 2.71. The third kappa shape index (κ3) is 3.53. The Morgan fingerprint density at radius 3 is 2.35 bits per heavy atom. The van der Waals surface area contributed by atoms with Crippen molar-refractivity contribution in [1.82, 2.24) is 4.90 Å². The zero-order valence-electron chi connectivity index (χ0n) is 13.1. The van der Waals surface area contributed by atoms with Crippen LogP contribution in [0.25, 0.3) is 0 Å². The van der Waals surface area contributed by atoms with Gasteiger partial charge in [0.2, 0.25) is 0 Å². The third-order valence-electron chi connectivity index (χ3n) is 3.67. The summed E-state index contributed by atoms with van der Waals surface area (Å²) in [4.78, 5) is 6.66. The van der Waals surface area contributed by atoms with E-state index >= 15 is 0 Å². The first-order valence-corrected chi connectivity index (χ1v) is 7.62. The standard InChI is InChI=1S/C17H27N3/c1-12(2)9-14-5-7-15(8-6-14)16-10-19-17(18)20(16)11-13(3)4/h5-8,12-13,16H,9-11H2,1-4H3,(H2,18,19). The number of hydrogen-bond acceptors (Lipinski definition) is 3. The van der Waals surface area contributed by atoms with Crippen LogP contribution in [0.3, 0.4) is 0 Å². The molecule has 0 saturated heterocycles. The molecule has 0 bridgehead atoms. The van der Waals surface area contributed by atoms with Gasteiger partial charge in [0.1, 0.15) is 0 Å². The van der Waals surface area contributed by atoms with Crippen molar-refractivity contribution in [3.05, 3.63) is 35.4 Å². The number of rotatable bonds is 5. The molecule has 1 aliphatic heterocycles. The van der Waals surface area contributed by atoms with E-state index in [0.29, 0.717) is 23.8 Å². The zero-order valence-corrected chi connectivity index (χ0v) is 13.1. The minimum absolute atomic E-state index is 0.311. The van der Waals surface area contributed by atoms with Gasteiger partial charge in [0.05, 0.1) is 12.6 Å². The molecule has 20 heavy (non-hydrogen) atoms. The van der Waals surface area contributed by atoms with Gasteiger partial charge < -0.3 is 10.6 Å². The van der Waals surface area contributed by atoms with Gasteiger partial charge in [-0.1, -0.05) is 52.0 Å². The molecule has 0 fully saturated rings. The molecule has 1 aromatic rings. The van der Waals surface area contributed by atoms with Crippen molar-refractivity contribution in [2.45, 2.75) is 40.2 Å². The molecule has 0 aliphatic carbocycles. The van der Waals surface area contributed by atoms with E-state index in [1.54, 1.807) is 0 Å². The zero-order chi connectivity index (χ0) is 14.7. The number of benzene rings is 1. The van der Waals surface area contributed by atoms with Gasteiger partial charge in [0, 0.05) is 6.54 Å². The van der Waals surface area contributed by atoms with E-state index in [1.807, 2.05) is 0 Å². The summed E-state index contributed by atoms with van der Waals surface area (Å²) in [6, 6.07) is 9.29. The van der Waals surface area contributed by atoms with E-state index in [0.717, 1.165) is 19.5 Å². The van der Waals surface area contributed by atoms with Crippen LogP contribution in [0.4, 0.5) is 0 Å². The van der Waals surface area contributed by atoms with Gasteiger partial charge in [0.25, 0.3) is 0 Å². The first kappa shape index (κ1) is 14.9. The lowest BCUT2D eigenvalue weighted by Crippen LogP contribution is -2.38. The molecule has 1 atom stereocenters. The maximum absolute atomic E-state index is 6.03. The van der Waals surface area contributed by atoms with Crippen molar-refractivity contribution in [3.63, 3.8) is 0 Å². The Bertz CT molecular complexity index is 460. The van der Waals surface area contributed by atoms with Gasteiger partial charge in [-0.05, 0) is 29.4 Å². The van der Waals surface area contributed by atoms with Crippen molar-refractivity contribution >= 4 is 5.96 Å². The fourth-order valence-electron chi connectivity index (χ4n) is 2.78. The second-order valence-electron chi connectivity index (χ2n) is 6.60. The van der Waals surface area contributed by atoms with E-state index < -0.39 is 0 Å². The van der Waals surface area contributed by atoms with Gasteiger partial charge in [-0.15, -0.1) is 0 Å². The van der Waals surface area contributed by atoms with Crippen LogP contribution in [0, 0.1) is 11.8 Å². The molecule has 1 unspecified atom stereocenters. The van der Waals surface area contributed by atoms with Crippen LogP contribution in [0.2, 0.25) is 0 Å². The summed E-state index contributed by atoms with van der Waals surface area (Å²) in [7, 11) is 0. The van der Waals surface area contributed by atoms with Gasteiger partial charge in [-0.25, -0.2) is 0 Å². The maximum Gasteiger partial charge on any atom is 0.191 e. The normalized spacial score (nSPS) is 19.0. The third-order valence-corrected chi connectivity index (χ3v) is 3.67. The Balaban J connectivity index is 2.10. The number of aliphatic imine (C=N–C) groups is 1. The number of hydrogen-bond donors (Lipinski definition) is 1. The van der Waals surface area contributed by atoms with Crippen molar-refractivity contribution in [3.8, 4) is 0 Å². The minimum Gasteiger partial charge on any atom is -0.370 e. The van der Waals surface area contributed by atoms with Crippen LogP contribution in [0.5, 0.6) is 0 Å². The predicted octanol–water partition coefficient (Wildman–Crippen LogP) is 3.21. The summed E-state index contributed by atoms with van der Waals surface area (Å²) in [5.74, 6) is 1.98. The Morgan fingerprint density at radius 1 is 1.15 bits per heavy atom. The average molecular weight is 273 g/mol. The Hall–Kier alpha value is -1.51. The number of guanidine groups is 1. The predicted molar refractivity (Wildman–Crippen MR) is 85.8 cm³/mol. The molecule has 1 aliphatic rings. The van der Waals surface area contributed by atoms with Crippen LogP contribution in [-0.2, 0) is 6.42 Å². The molecule has 2 rings (SSSR count). The highest BCUT2D eigenvalue weighted by atomic mass is 15.3. The van der Waals surface area contributed by atoms with E-state index in [9.17, 15) is 0 Å². The van der Waals surface area contributed by atoms with E-state index in [1.165, 1.54) is 11.1 Å². The summed E-state index contributed by atoms with van der Waals surface area (Å²) >= 11 is 0. The highest BCUT2D eigenvalue weighted by molar-refractivity contribution is 5.80. The molecule has 0 aromatic heterocycles. The lowest BCUT2D eigenvalue weighted by molar-refractivity contribution is 0.309. The molecule has 0 radical (unpaired) electrons. The molecule has 0 amide bonds.